The highest BCUT2D eigenvalue weighted by molar-refractivity contribution is 7.80. The van der Waals surface area contributed by atoms with E-state index < -0.39 is 28.9 Å². The molecule has 1 amide bonds. The molecule has 0 aliphatic carbocycles. The van der Waals surface area contributed by atoms with Crippen LogP contribution >= 0.6 is 23.2 Å². The van der Waals surface area contributed by atoms with E-state index in [0.29, 0.717) is 28.4 Å². The molecule has 1 unspecified atom stereocenters. The summed E-state index contributed by atoms with van der Waals surface area (Å²) in [6.07, 6.45) is -3.42. The Kier molecular flexibility index (Phi) is 8.53. The van der Waals surface area contributed by atoms with Crippen molar-refractivity contribution in [2.24, 2.45) is 0 Å². The first kappa shape index (κ1) is 26.0. The second kappa shape index (κ2) is 11.2. The van der Waals surface area contributed by atoms with Crippen LogP contribution in [-0.2, 0) is 30.4 Å². The fourth-order valence-electron chi connectivity index (χ4n) is 3.01. The Balaban J connectivity index is 1.62. The van der Waals surface area contributed by atoms with Crippen LogP contribution < -0.4 is 9.62 Å². The third-order valence-corrected chi connectivity index (χ3v) is 6.43. The first-order chi connectivity index (χ1) is 16.1. The minimum Gasteiger partial charge on any atom is -0.346 e. The summed E-state index contributed by atoms with van der Waals surface area (Å²) in [7, 11) is 0. The van der Waals surface area contributed by atoms with Crippen LogP contribution in [0.25, 0.3) is 0 Å². The van der Waals surface area contributed by atoms with Gasteiger partial charge >= 0.3 is 6.18 Å². The van der Waals surface area contributed by atoms with Crippen LogP contribution in [0.4, 0.5) is 18.9 Å². The maximum absolute atomic E-state index is 12.6. The molecule has 12 heteroatoms. The van der Waals surface area contributed by atoms with Gasteiger partial charge in [-0.3, -0.25) is 18.6 Å². The van der Waals surface area contributed by atoms with Crippen LogP contribution in [0.2, 0.25) is 10.0 Å². The summed E-state index contributed by atoms with van der Waals surface area (Å²) in [5, 5.41) is 3.33. The van der Waals surface area contributed by atoms with Gasteiger partial charge in [0.05, 0.1) is 33.5 Å². The van der Waals surface area contributed by atoms with Gasteiger partial charge < -0.3 is 5.32 Å². The predicted octanol–water partition coefficient (Wildman–Crippen LogP) is 5.52. The lowest BCUT2D eigenvalue weighted by molar-refractivity contribution is -0.137. The molecule has 0 spiro atoms. The largest absolute Gasteiger partial charge is 0.417 e. The lowest BCUT2D eigenvalue weighted by Gasteiger charge is -2.20. The molecular formula is C22H18Cl2F3N3O3S. The van der Waals surface area contributed by atoms with Crippen molar-refractivity contribution in [3.05, 3.63) is 93.2 Å². The minimum absolute atomic E-state index is 0.0636. The number of rotatable bonds is 8. The van der Waals surface area contributed by atoms with E-state index in [0.717, 1.165) is 11.6 Å². The third kappa shape index (κ3) is 6.69. The Morgan fingerprint density at radius 2 is 1.79 bits per heavy atom. The van der Waals surface area contributed by atoms with Crippen molar-refractivity contribution in [1.29, 1.82) is 0 Å². The van der Waals surface area contributed by atoms with Crippen LogP contribution in [0.3, 0.4) is 0 Å². The number of aromatic nitrogens is 1. The van der Waals surface area contributed by atoms with Crippen LogP contribution in [0.5, 0.6) is 0 Å². The Labute approximate surface area is 206 Å². The number of carbonyl (C=O) groups is 1. The van der Waals surface area contributed by atoms with Crippen LogP contribution in [-0.4, -0.2) is 26.2 Å². The monoisotopic (exact) mass is 531 g/mol. The highest BCUT2D eigenvalue weighted by Gasteiger charge is 2.30. The Morgan fingerprint density at radius 3 is 2.38 bits per heavy atom. The van der Waals surface area contributed by atoms with Gasteiger partial charge in [-0.25, -0.2) is 4.21 Å². The SMILES string of the molecule is O=C(NCc1ccc(C(F)(F)F)cn1)c1ccc(N(CCc2cccc(Cl)c2Cl)S(=O)O)cc1. The lowest BCUT2D eigenvalue weighted by atomic mass is 10.1. The molecule has 0 saturated carbocycles. The number of hydrogen-bond acceptors (Lipinski definition) is 3. The molecule has 0 saturated heterocycles. The molecule has 3 rings (SSSR count). The van der Waals surface area contributed by atoms with E-state index in [1.807, 2.05) is 0 Å². The molecule has 1 heterocycles. The van der Waals surface area contributed by atoms with Gasteiger partial charge in [-0.2, -0.15) is 13.2 Å². The van der Waals surface area contributed by atoms with Gasteiger partial charge in [0.25, 0.3) is 17.2 Å². The second-order valence-corrected chi connectivity index (χ2v) is 8.75. The van der Waals surface area contributed by atoms with Crippen molar-refractivity contribution in [3.8, 4) is 0 Å². The van der Waals surface area contributed by atoms with E-state index in [2.05, 4.69) is 10.3 Å². The normalized spacial score (nSPS) is 12.3. The summed E-state index contributed by atoms with van der Waals surface area (Å²) in [4.78, 5) is 16.1. The highest BCUT2D eigenvalue weighted by atomic mass is 35.5. The number of benzene rings is 2. The molecule has 2 N–H and O–H groups in total. The molecule has 0 bridgehead atoms. The van der Waals surface area contributed by atoms with Crippen molar-refractivity contribution >= 4 is 46.1 Å². The van der Waals surface area contributed by atoms with Crippen molar-refractivity contribution in [2.75, 3.05) is 10.8 Å². The van der Waals surface area contributed by atoms with Crippen molar-refractivity contribution in [1.82, 2.24) is 10.3 Å². The molecule has 0 fully saturated rings. The Hall–Kier alpha value is -2.66. The standard InChI is InChI=1S/C22H18Cl2F3N3O3S/c23-19-3-1-2-14(20(19)24)10-11-30(34(32)33)18-8-4-15(5-9-18)21(31)29-13-17-7-6-16(12-28-17)22(25,26)27/h1-9,12H,10-11,13H2,(H,29,31)(H,32,33). The third-order valence-electron chi connectivity index (χ3n) is 4.80. The van der Waals surface area contributed by atoms with Crippen molar-refractivity contribution < 1.29 is 26.7 Å². The number of hydrogen-bond donors (Lipinski definition) is 2. The summed E-state index contributed by atoms with van der Waals surface area (Å²) >= 11 is 9.85. The summed E-state index contributed by atoms with van der Waals surface area (Å²) in [6.45, 7) is 0.0974. The zero-order valence-corrected chi connectivity index (χ0v) is 19.7. The van der Waals surface area contributed by atoms with Gasteiger partial charge in [0.2, 0.25) is 0 Å². The highest BCUT2D eigenvalue weighted by Crippen LogP contribution is 2.28. The number of halogens is 5. The molecule has 1 aromatic heterocycles. The number of alkyl halides is 3. The van der Waals surface area contributed by atoms with Gasteiger partial charge in [0.15, 0.2) is 0 Å². The molecule has 6 nitrogen and oxygen atoms in total. The predicted molar refractivity (Wildman–Crippen MR) is 125 cm³/mol. The zero-order valence-electron chi connectivity index (χ0n) is 17.4. The number of nitrogens with zero attached hydrogens (tertiary/aromatic N) is 2. The van der Waals surface area contributed by atoms with Gasteiger partial charge in [-0.15, -0.1) is 0 Å². The van der Waals surface area contributed by atoms with E-state index in [9.17, 15) is 26.7 Å². The summed E-state index contributed by atoms with van der Waals surface area (Å²) in [6, 6.07) is 13.2. The first-order valence-electron chi connectivity index (χ1n) is 9.78. The number of nitrogens with one attached hydrogen (secondary N) is 1. The number of pyridine rings is 1. The molecule has 0 aliphatic heterocycles. The van der Waals surface area contributed by atoms with Gasteiger partial charge in [-0.05, 0) is 54.4 Å². The molecular weight excluding hydrogens is 514 g/mol. The Morgan fingerprint density at radius 1 is 1.09 bits per heavy atom. The summed E-state index contributed by atoms with van der Waals surface area (Å²) in [5.41, 5.74) is 0.774. The fourth-order valence-corrected chi connectivity index (χ4v) is 3.97. The smallest absolute Gasteiger partial charge is 0.346 e. The molecule has 0 radical (unpaired) electrons. The van der Waals surface area contributed by atoms with E-state index in [1.54, 1.807) is 18.2 Å². The number of carbonyl (C=O) groups excluding carboxylic acids is 1. The van der Waals surface area contributed by atoms with E-state index >= 15 is 0 Å². The zero-order chi connectivity index (χ0) is 24.9. The molecule has 34 heavy (non-hydrogen) atoms. The van der Waals surface area contributed by atoms with E-state index in [1.165, 1.54) is 34.6 Å². The van der Waals surface area contributed by atoms with Crippen LogP contribution in [0.15, 0.2) is 60.8 Å². The second-order valence-electron chi connectivity index (χ2n) is 7.06. The first-order valence-corrected chi connectivity index (χ1v) is 11.6. The van der Waals surface area contributed by atoms with Crippen molar-refractivity contribution in [2.45, 2.75) is 19.1 Å². The molecule has 0 aliphatic rings. The van der Waals surface area contributed by atoms with Crippen LogP contribution in [0, 0.1) is 0 Å². The van der Waals surface area contributed by atoms with Gasteiger partial charge in [0, 0.05) is 18.3 Å². The quantitative estimate of drug-likeness (QED) is 0.375. The summed E-state index contributed by atoms with van der Waals surface area (Å²) in [5.74, 6) is -0.476. The fraction of sp³-hybridized carbons (Fsp3) is 0.182. The maximum atomic E-state index is 12.6. The molecule has 3 aromatic rings. The van der Waals surface area contributed by atoms with Gasteiger partial charge in [-0.1, -0.05) is 35.3 Å². The minimum atomic E-state index is -4.48. The number of amides is 1. The molecule has 1 atom stereocenters. The van der Waals surface area contributed by atoms with Gasteiger partial charge in [0.1, 0.15) is 0 Å². The van der Waals surface area contributed by atoms with E-state index in [-0.39, 0.29) is 24.3 Å². The average molecular weight is 532 g/mol. The van der Waals surface area contributed by atoms with Crippen molar-refractivity contribution in [3.63, 3.8) is 0 Å². The Bertz CT molecular complexity index is 1180. The van der Waals surface area contributed by atoms with Crippen LogP contribution in [0.1, 0.15) is 27.2 Å². The maximum Gasteiger partial charge on any atom is 0.417 e. The topological polar surface area (TPSA) is 82.5 Å². The summed E-state index contributed by atoms with van der Waals surface area (Å²) < 4.78 is 60.6. The average Bonchev–Trinajstić information content (AvgIpc) is 2.80. The molecule has 2 aromatic carbocycles. The lowest BCUT2D eigenvalue weighted by Crippen LogP contribution is -2.28. The molecule has 180 valence electrons. The number of anilines is 1. The van der Waals surface area contributed by atoms with E-state index in [4.69, 9.17) is 23.2 Å².